The zero-order valence-electron chi connectivity index (χ0n) is 11.5. The molecule has 0 rings (SSSR count). The van der Waals surface area contributed by atoms with E-state index < -0.39 is 8.53 Å². The van der Waals surface area contributed by atoms with Crippen molar-refractivity contribution in [1.82, 2.24) is 0 Å². The van der Waals surface area contributed by atoms with Gasteiger partial charge in [-0.15, -0.1) is 0 Å². The zero-order valence-corrected chi connectivity index (χ0v) is 12.4. The van der Waals surface area contributed by atoms with Gasteiger partial charge in [-0.05, 0) is 0 Å². The smallest absolute Gasteiger partial charge is 0.267 e. The van der Waals surface area contributed by atoms with Crippen molar-refractivity contribution >= 4 is 8.53 Å². The average molecular weight is 266 g/mol. The summed E-state index contributed by atoms with van der Waals surface area (Å²) in [5, 5.41) is 0. The molecule has 1 atom stereocenters. The second-order valence-corrected chi connectivity index (χ2v) is 5.05. The van der Waals surface area contributed by atoms with Crippen molar-refractivity contribution in [3.05, 3.63) is 0 Å². The third kappa shape index (κ3) is 26.1. The molecular weight excluding hydrogens is 235 g/mol. The first kappa shape index (κ1) is 19.6. The van der Waals surface area contributed by atoms with Crippen LogP contribution in [0, 0.1) is 0 Å². The normalized spacial score (nSPS) is 11.8. The monoisotopic (exact) mass is 266 g/mol. The van der Waals surface area contributed by atoms with Crippen LogP contribution in [-0.4, -0.2) is 4.89 Å². The Kier molecular flexibility index (Phi) is 21.5. The van der Waals surface area contributed by atoms with E-state index in [0.717, 1.165) is 0 Å². The lowest BCUT2D eigenvalue weighted by Crippen LogP contribution is -1.97. The summed E-state index contributed by atoms with van der Waals surface area (Å²) < 4.78 is 3.65. The lowest BCUT2D eigenvalue weighted by molar-refractivity contribution is 0.325. The summed E-state index contributed by atoms with van der Waals surface area (Å²) in [6.45, 7) is 4.56. The Hall–Kier alpha value is 0.270. The summed E-state index contributed by atoms with van der Waals surface area (Å²) in [6, 6.07) is 0. The van der Waals surface area contributed by atoms with Gasteiger partial charge in [0.15, 0.2) is 0 Å². The van der Waals surface area contributed by atoms with Crippen molar-refractivity contribution in [3.63, 3.8) is 0 Å². The second kappa shape index (κ2) is 18.6. The van der Waals surface area contributed by atoms with Gasteiger partial charge in [0, 0.05) is 0 Å². The van der Waals surface area contributed by atoms with Crippen LogP contribution in [0.15, 0.2) is 0 Å². The Morgan fingerprint density at radius 1 is 0.824 bits per heavy atom. The van der Waals surface area contributed by atoms with Gasteiger partial charge in [0.2, 0.25) is 0 Å². The largest absolute Gasteiger partial charge is 0.337 e. The van der Waals surface area contributed by atoms with E-state index in [2.05, 4.69) is 29.9 Å². The first-order valence-electron chi connectivity index (χ1n) is 6.79. The van der Waals surface area contributed by atoms with Crippen LogP contribution in [0.25, 0.3) is 0 Å². The fourth-order valence-corrected chi connectivity index (χ4v) is 1.56. The molecule has 0 bridgehead atoms. The SMILES string of the molecule is CCCCCCCCCCCC.NOP(N)O. The zero-order chi connectivity index (χ0) is 13.4. The Morgan fingerprint density at radius 3 is 1.24 bits per heavy atom. The lowest BCUT2D eigenvalue weighted by atomic mass is 10.1. The van der Waals surface area contributed by atoms with Crippen molar-refractivity contribution in [3.8, 4) is 0 Å². The van der Waals surface area contributed by atoms with E-state index in [4.69, 9.17) is 4.89 Å². The Balaban J connectivity index is 0. The molecule has 0 heterocycles. The van der Waals surface area contributed by atoms with Crippen LogP contribution >= 0.6 is 8.53 Å². The highest BCUT2D eigenvalue weighted by Gasteiger charge is 1.90. The Morgan fingerprint density at radius 2 is 1.06 bits per heavy atom. The molecule has 1 unspecified atom stereocenters. The van der Waals surface area contributed by atoms with Gasteiger partial charge in [-0.3, -0.25) is 5.50 Å². The third-order valence-electron chi connectivity index (χ3n) is 2.57. The summed E-state index contributed by atoms with van der Waals surface area (Å²) in [4.78, 5) is 7.86. The molecule has 4 nitrogen and oxygen atoms in total. The quantitative estimate of drug-likeness (QED) is 0.317. The molecule has 0 amide bonds. The molecule has 0 spiro atoms. The molecule has 0 radical (unpaired) electrons. The molecule has 0 fully saturated rings. The molecular formula is C12H31N2O2P. The molecule has 0 aliphatic rings. The molecule has 0 aromatic carbocycles. The fraction of sp³-hybridized carbons (Fsp3) is 1.00. The van der Waals surface area contributed by atoms with Crippen LogP contribution < -0.4 is 11.4 Å². The van der Waals surface area contributed by atoms with Crippen LogP contribution in [0.3, 0.4) is 0 Å². The highest BCUT2D eigenvalue weighted by molar-refractivity contribution is 7.43. The highest BCUT2D eigenvalue weighted by Crippen LogP contribution is 2.13. The molecule has 0 saturated carbocycles. The van der Waals surface area contributed by atoms with Crippen molar-refractivity contribution in [2.75, 3.05) is 0 Å². The van der Waals surface area contributed by atoms with E-state index in [0.29, 0.717) is 0 Å². The van der Waals surface area contributed by atoms with Crippen LogP contribution in [-0.2, 0) is 4.62 Å². The van der Waals surface area contributed by atoms with Crippen LogP contribution in [0.2, 0.25) is 0 Å². The van der Waals surface area contributed by atoms with Crippen molar-refractivity contribution in [1.29, 1.82) is 0 Å². The predicted molar refractivity (Wildman–Crippen MR) is 76.1 cm³/mol. The van der Waals surface area contributed by atoms with Gasteiger partial charge in [0.05, 0.1) is 0 Å². The minimum Gasteiger partial charge on any atom is -0.337 e. The average Bonchev–Trinajstić information content (AvgIpc) is 2.33. The van der Waals surface area contributed by atoms with E-state index >= 15 is 0 Å². The number of rotatable bonds is 10. The molecule has 106 valence electrons. The molecule has 0 aliphatic carbocycles. The first-order chi connectivity index (χ1) is 8.18. The van der Waals surface area contributed by atoms with Gasteiger partial charge in [0.25, 0.3) is 8.53 Å². The second-order valence-electron chi connectivity index (χ2n) is 4.24. The molecule has 5 heteroatoms. The summed E-state index contributed by atoms with van der Waals surface area (Å²) in [6.07, 6.45) is 14.4. The van der Waals surface area contributed by atoms with Gasteiger partial charge in [-0.25, -0.2) is 10.5 Å². The molecule has 0 aromatic heterocycles. The van der Waals surface area contributed by atoms with E-state index in [-0.39, 0.29) is 0 Å². The number of hydrogen-bond donors (Lipinski definition) is 3. The van der Waals surface area contributed by atoms with Gasteiger partial charge >= 0.3 is 0 Å². The summed E-state index contributed by atoms with van der Waals surface area (Å²) in [7, 11) is -1.82. The molecule has 0 aromatic rings. The van der Waals surface area contributed by atoms with E-state index in [1.165, 1.54) is 64.2 Å². The van der Waals surface area contributed by atoms with Crippen molar-refractivity contribution < 1.29 is 9.52 Å². The van der Waals surface area contributed by atoms with Crippen molar-refractivity contribution in [2.24, 2.45) is 11.4 Å². The van der Waals surface area contributed by atoms with Gasteiger partial charge in [0.1, 0.15) is 0 Å². The third-order valence-corrected chi connectivity index (χ3v) is 2.78. The van der Waals surface area contributed by atoms with E-state index in [1.54, 1.807) is 0 Å². The lowest BCUT2D eigenvalue weighted by Gasteiger charge is -1.99. The van der Waals surface area contributed by atoms with Crippen LogP contribution in [0.4, 0.5) is 0 Å². The number of nitrogens with two attached hydrogens (primary N) is 2. The topological polar surface area (TPSA) is 81.5 Å². The van der Waals surface area contributed by atoms with E-state index in [1.807, 2.05) is 0 Å². The van der Waals surface area contributed by atoms with Crippen molar-refractivity contribution in [2.45, 2.75) is 78.1 Å². The van der Waals surface area contributed by atoms with Crippen LogP contribution in [0.1, 0.15) is 78.1 Å². The molecule has 0 aliphatic heterocycles. The summed E-state index contributed by atoms with van der Waals surface area (Å²) in [5.41, 5.74) is 4.56. The van der Waals surface area contributed by atoms with Gasteiger partial charge in [-0.2, -0.15) is 0 Å². The maximum atomic E-state index is 7.86. The number of hydrogen-bond acceptors (Lipinski definition) is 4. The maximum Gasteiger partial charge on any atom is 0.267 e. The number of unbranched alkanes of at least 4 members (excludes halogenated alkanes) is 9. The maximum absolute atomic E-state index is 7.86. The minimum atomic E-state index is -1.82. The molecule has 5 N–H and O–H groups in total. The van der Waals surface area contributed by atoms with Gasteiger partial charge in [-0.1, -0.05) is 78.1 Å². The minimum absolute atomic E-state index is 1.37. The molecule has 17 heavy (non-hydrogen) atoms. The summed E-state index contributed by atoms with van der Waals surface area (Å²) >= 11 is 0. The standard InChI is InChI=1S/C12H26.H5N2O2P/c1-3-5-7-9-11-12-10-8-6-4-2;1-4-5(2)3/h3-12H2,1-2H3;3H,1-2H2. The predicted octanol–water partition coefficient (Wildman–Crippen LogP) is 3.98. The molecule has 0 saturated heterocycles. The fourth-order valence-electron chi connectivity index (χ4n) is 1.56. The first-order valence-corrected chi connectivity index (χ1v) is 8.07. The van der Waals surface area contributed by atoms with Crippen LogP contribution in [0.5, 0.6) is 0 Å². The highest BCUT2D eigenvalue weighted by atomic mass is 31.2. The van der Waals surface area contributed by atoms with Gasteiger partial charge < -0.3 is 4.89 Å². The Labute approximate surface area is 108 Å². The van der Waals surface area contributed by atoms with E-state index in [9.17, 15) is 0 Å². The Bertz CT molecular complexity index is 117. The summed E-state index contributed by atoms with van der Waals surface area (Å²) in [5.74, 6) is 4.33.